The van der Waals surface area contributed by atoms with Crippen molar-refractivity contribution in [3.63, 3.8) is 0 Å². The minimum atomic E-state index is -0.450. The van der Waals surface area contributed by atoms with Gasteiger partial charge in [-0.25, -0.2) is 4.99 Å². The number of benzene rings is 2. The molecule has 148 valence electrons. The molecule has 1 saturated heterocycles. The highest BCUT2D eigenvalue weighted by Crippen LogP contribution is 2.33. The van der Waals surface area contributed by atoms with Gasteiger partial charge in [-0.15, -0.1) is 0 Å². The quantitative estimate of drug-likeness (QED) is 0.776. The molecule has 28 heavy (non-hydrogen) atoms. The van der Waals surface area contributed by atoms with Crippen LogP contribution >= 0.6 is 11.8 Å². The Morgan fingerprint density at radius 3 is 2.75 bits per heavy atom. The lowest BCUT2D eigenvalue weighted by molar-refractivity contribution is -0.129. The Kier molecular flexibility index (Phi) is 6.70. The van der Waals surface area contributed by atoms with E-state index in [4.69, 9.17) is 9.73 Å². The lowest BCUT2D eigenvalue weighted by Gasteiger charge is -2.20. The smallest absolute Gasteiger partial charge is 0.242 e. The van der Waals surface area contributed by atoms with Crippen LogP contribution in [0.2, 0.25) is 0 Å². The van der Waals surface area contributed by atoms with Crippen LogP contribution in [0.4, 0.5) is 5.69 Å². The summed E-state index contributed by atoms with van der Waals surface area (Å²) in [5.41, 5.74) is 0.791. The van der Waals surface area contributed by atoms with E-state index in [1.165, 1.54) is 11.8 Å². The Balaban J connectivity index is 1.89. The highest BCUT2D eigenvalue weighted by molar-refractivity contribution is 8.15. The zero-order valence-corrected chi connectivity index (χ0v) is 17.2. The maximum Gasteiger partial charge on any atom is 0.242 e. The molecule has 1 heterocycles. The Morgan fingerprint density at radius 1 is 1.29 bits per heavy atom. The number of rotatable bonds is 7. The van der Waals surface area contributed by atoms with Crippen molar-refractivity contribution >= 4 is 45.2 Å². The minimum Gasteiger partial charge on any atom is -0.384 e. The van der Waals surface area contributed by atoms with Crippen LogP contribution < -0.4 is 5.32 Å². The zero-order valence-electron chi connectivity index (χ0n) is 16.3. The van der Waals surface area contributed by atoms with E-state index in [1.54, 1.807) is 19.1 Å². The summed E-state index contributed by atoms with van der Waals surface area (Å²) in [6.07, 6.45) is 0.145. The van der Waals surface area contributed by atoms with E-state index < -0.39 is 5.25 Å². The number of ether oxygens (including phenoxy) is 1. The number of hydrogen-bond acceptors (Lipinski definition) is 5. The van der Waals surface area contributed by atoms with Gasteiger partial charge in [0.1, 0.15) is 5.25 Å². The molecule has 2 amide bonds. The maximum atomic E-state index is 12.9. The van der Waals surface area contributed by atoms with Crippen molar-refractivity contribution in [2.75, 3.05) is 27.3 Å². The molecule has 0 aromatic heterocycles. The molecule has 2 unspecified atom stereocenters. The molecule has 2 atom stereocenters. The normalized spacial score (nSPS) is 19.4. The number of carbonyl (C=O) groups is 2. The second-order valence-electron chi connectivity index (χ2n) is 6.92. The van der Waals surface area contributed by atoms with Crippen LogP contribution in [-0.2, 0) is 14.3 Å². The van der Waals surface area contributed by atoms with Gasteiger partial charge < -0.3 is 10.1 Å². The molecule has 0 bridgehead atoms. The third-order valence-corrected chi connectivity index (χ3v) is 5.75. The van der Waals surface area contributed by atoms with Crippen molar-refractivity contribution in [2.45, 2.75) is 18.6 Å². The van der Waals surface area contributed by atoms with Gasteiger partial charge in [0.15, 0.2) is 5.17 Å². The summed E-state index contributed by atoms with van der Waals surface area (Å²) in [5, 5.41) is 5.02. The third-order valence-electron chi connectivity index (χ3n) is 4.57. The first-order valence-corrected chi connectivity index (χ1v) is 10.1. The molecule has 1 N–H and O–H groups in total. The standard InChI is InChI=1S/C21H25N3O3S/c1-14(13-27-3)12-24-20(26)18(11-19(25)22-2)28-21(24)23-17-9-8-15-6-4-5-7-16(15)10-17/h4-10,14,18H,11-13H2,1-3H3,(H,22,25). The molecular weight excluding hydrogens is 374 g/mol. The largest absolute Gasteiger partial charge is 0.384 e. The number of amides is 2. The number of aliphatic imine (C=N–C) groups is 1. The molecule has 1 aliphatic heterocycles. The van der Waals surface area contributed by atoms with Gasteiger partial charge >= 0.3 is 0 Å². The van der Waals surface area contributed by atoms with Gasteiger partial charge in [-0.3, -0.25) is 14.5 Å². The number of methoxy groups -OCH3 is 1. The predicted octanol–water partition coefficient (Wildman–Crippen LogP) is 3.19. The SMILES string of the molecule is CNC(=O)CC1SC(=Nc2ccc3ccccc3c2)N(CC(C)COC)C1=O. The van der Waals surface area contributed by atoms with Gasteiger partial charge in [-0.1, -0.05) is 49.0 Å². The summed E-state index contributed by atoms with van der Waals surface area (Å²) in [6.45, 7) is 3.09. The Morgan fingerprint density at radius 2 is 2.04 bits per heavy atom. The maximum absolute atomic E-state index is 12.9. The average molecular weight is 400 g/mol. The van der Waals surface area contributed by atoms with Gasteiger partial charge in [0.05, 0.1) is 12.3 Å². The van der Waals surface area contributed by atoms with Crippen molar-refractivity contribution in [3.05, 3.63) is 42.5 Å². The van der Waals surface area contributed by atoms with E-state index in [1.807, 2.05) is 43.3 Å². The fourth-order valence-corrected chi connectivity index (χ4v) is 4.34. The lowest BCUT2D eigenvalue weighted by atomic mass is 10.1. The summed E-state index contributed by atoms with van der Waals surface area (Å²) in [5.74, 6) is -0.0612. The first kappa shape index (κ1) is 20.4. The van der Waals surface area contributed by atoms with Crippen LogP contribution in [0.15, 0.2) is 47.5 Å². The number of hydrogen-bond donors (Lipinski definition) is 1. The van der Waals surface area contributed by atoms with Crippen molar-refractivity contribution in [3.8, 4) is 0 Å². The summed E-state index contributed by atoms with van der Waals surface area (Å²) in [7, 11) is 3.23. The molecule has 3 rings (SSSR count). The van der Waals surface area contributed by atoms with Crippen molar-refractivity contribution in [1.29, 1.82) is 0 Å². The number of carbonyl (C=O) groups excluding carboxylic acids is 2. The summed E-state index contributed by atoms with van der Waals surface area (Å²) in [6, 6.07) is 14.1. The minimum absolute atomic E-state index is 0.0731. The fourth-order valence-electron chi connectivity index (χ4n) is 3.17. The second kappa shape index (κ2) is 9.21. The molecule has 0 radical (unpaired) electrons. The second-order valence-corrected chi connectivity index (χ2v) is 8.09. The van der Waals surface area contributed by atoms with E-state index in [9.17, 15) is 9.59 Å². The Labute approximate surface area is 169 Å². The van der Waals surface area contributed by atoms with E-state index in [0.29, 0.717) is 18.3 Å². The molecule has 0 aliphatic carbocycles. The van der Waals surface area contributed by atoms with Gasteiger partial charge in [-0.2, -0.15) is 0 Å². The molecule has 1 fully saturated rings. The van der Waals surface area contributed by atoms with Crippen LogP contribution in [0, 0.1) is 5.92 Å². The summed E-state index contributed by atoms with van der Waals surface area (Å²) >= 11 is 1.36. The summed E-state index contributed by atoms with van der Waals surface area (Å²) < 4.78 is 5.21. The molecule has 0 saturated carbocycles. The van der Waals surface area contributed by atoms with E-state index in [0.717, 1.165) is 16.5 Å². The topological polar surface area (TPSA) is 71.0 Å². The van der Waals surface area contributed by atoms with Crippen LogP contribution in [0.5, 0.6) is 0 Å². The van der Waals surface area contributed by atoms with Crippen molar-refractivity contribution < 1.29 is 14.3 Å². The molecule has 7 heteroatoms. The molecule has 2 aromatic carbocycles. The number of amidine groups is 1. The number of nitrogens with zero attached hydrogens (tertiary/aromatic N) is 2. The monoisotopic (exact) mass is 399 g/mol. The summed E-state index contributed by atoms with van der Waals surface area (Å²) in [4.78, 5) is 31.2. The van der Waals surface area contributed by atoms with Gasteiger partial charge in [-0.05, 0) is 28.8 Å². The van der Waals surface area contributed by atoms with E-state index in [2.05, 4.69) is 11.4 Å². The average Bonchev–Trinajstić information content (AvgIpc) is 2.96. The number of thioether (sulfide) groups is 1. The molecular formula is C21H25N3O3S. The molecule has 0 spiro atoms. The van der Waals surface area contributed by atoms with Crippen LogP contribution in [-0.4, -0.2) is 54.4 Å². The van der Waals surface area contributed by atoms with Crippen molar-refractivity contribution in [1.82, 2.24) is 10.2 Å². The Hall–Kier alpha value is -2.38. The van der Waals surface area contributed by atoms with Crippen LogP contribution in [0.1, 0.15) is 13.3 Å². The van der Waals surface area contributed by atoms with Crippen LogP contribution in [0.3, 0.4) is 0 Å². The lowest BCUT2D eigenvalue weighted by Crippen LogP contribution is -2.37. The number of nitrogens with one attached hydrogen (secondary N) is 1. The molecule has 2 aromatic rings. The fraction of sp³-hybridized carbons (Fsp3) is 0.381. The number of fused-ring (bicyclic) bond motifs is 1. The van der Waals surface area contributed by atoms with Gasteiger partial charge in [0.25, 0.3) is 0 Å². The third kappa shape index (κ3) is 4.72. The highest BCUT2D eigenvalue weighted by Gasteiger charge is 2.39. The predicted molar refractivity (Wildman–Crippen MR) is 114 cm³/mol. The zero-order chi connectivity index (χ0) is 20.1. The Bertz CT molecular complexity index is 899. The first-order chi connectivity index (χ1) is 13.5. The van der Waals surface area contributed by atoms with Crippen molar-refractivity contribution in [2.24, 2.45) is 10.9 Å². The molecule has 6 nitrogen and oxygen atoms in total. The van der Waals surface area contributed by atoms with E-state index in [-0.39, 0.29) is 24.2 Å². The van der Waals surface area contributed by atoms with Crippen LogP contribution in [0.25, 0.3) is 10.8 Å². The molecule has 1 aliphatic rings. The highest BCUT2D eigenvalue weighted by atomic mass is 32.2. The van der Waals surface area contributed by atoms with E-state index >= 15 is 0 Å². The van der Waals surface area contributed by atoms with Gasteiger partial charge in [0, 0.05) is 27.1 Å². The first-order valence-electron chi connectivity index (χ1n) is 9.27. The van der Waals surface area contributed by atoms with Gasteiger partial charge in [0.2, 0.25) is 11.8 Å².